The molecule has 0 unspecified atom stereocenters. The molecule has 0 radical (unpaired) electrons. The van der Waals surface area contributed by atoms with Crippen molar-refractivity contribution in [2.45, 2.75) is 15.2 Å². The molecule has 0 bridgehead atoms. The van der Waals surface area contributed by atoms with Crippen LogP contribution in [0.4, 0.5) is 0 Å². The minimum Gasteiger partial charge on any atom is -0.228 e. The Morgan fingerprint density at radius 2 is 0.820 bits per heavy atom. The third-order valence-electron chi connectivity index (χ3n) is 10.2. The summed E-state index contributed by atoms with van der Waals surface area (Å²) in [6.07, 6.45) is 0. The smallest absolute Gasteiger partial charge is 0.161 e. The summed E-state index contributed by atoms with van der Waals surface area (Å²) in [5, 5.41) is 0. The molecule has 0 saturated carbocycles. The fourth-order valence-corrected chi connectivity index (χ4v) is 9.40. The molecule has 50 heavy (non-hydrogen) atoms. The Morgan fingerprint density at radius 3 is 1.44 bits per heavy atom. The van der Waals surface area contributed by atoms with Crippen molar-refractivity contribution in [1.29, 1.82) is 0 Å². The molecule has 2 heterocycles. The second-order valence-electron chi connectivity index (χ2n) is 12.9. The quantitative estimate of drug-likeness (QED) is 0.189. The van der Waals surface area contributed by atoms with Crippen LogP contribution < -0.4 is 0 Å². The van der Waals surface area contributed by atoms with Crippen molar-refractivity contribution in [2.24, 2.45) is 0 Å². The maximum absolute atomic E-state index is 5.25. The van der Waals surface area contributed by atoms with Crippen LogP contribution in [0.5, 0.6) is 0 Å². The molecule has 0 N–H and O–H groups in total. The summed E-state index contributed by atoms with van der Waals surface area (Å²) in [5.41, 5.74) is 14.8. The van der Waals surface area contributed by atoms with Gasteiger partial charge < -0.3 is 0 Å². The minimum atomic E-state index is -0.431. The molecular weight excluding hydrogens is 625 g/mol. The Hall–Kier alpha value is -6.03. The van der Waals surface area contributed by atoms with Crippen LogP contribution in [0.25, 0.3) is 56.2 Å². The summed E-state index contributed by atoms with van der Waals surface area (Å²) >= 11 is 1.88. The van der Waals surface area contributed by atoms with Crippen molar-refractivity contribution < 1.29 is 0 Å². The van der Waals surface area contributed by atoms with Gasteiger partial charge >= 0.3 is 0 Å². The zero-order valence-electron chi connectivity index (χ0n) is 27.1. The molecular formula is C47H30N2S. The number of aromatic nitrogens is 2. The monoisotopic (exact) mass is 654 g/mol. The van der Waals surface area contributed by atoms with Crippen molar-refractivity contribution in [3.05, 3.63) is 204 Å². The van der Waals surface area contributed by atoms with Gasteiger partial charge in [0.15, 0.2) is 5.82 Å². The molecule has 2 nitrogen and oxygen atoms in total. The van der Waals surface area contributed by atoms with Gasteiger partial charge in [-0.15, -0.1) is 0 Å². The van der Waals surface area contributed by atoms with Gasteiger partial charge in [-0.3, -0.25) is 0 Å². The number of nitrogens with zero attached hydrogens (tertiary/aromatic N) is 2. The van der Waals surface area contributed by atoms with E-state index in [1.54, 1.807) is 0 Å². The van der Waals surface area contributed by atoms with E-state index in [0.717, 1.165) is 33.6 Å². The zero-order chi connectivity index (χ0) is 33.1. The van der Waals surface area contributed by atoms with E-state index in [-0.39, 0.29) is 0 Å². The Kier molecular flexibility index (Phi) is 6.68. The lowest BCUT2D eigenvalue weighted by Gasteiger charge is -2.40. The minimum absolute atomic E-state index is 0.431. The molecule has 7 aromatic carbocycles. The standard InChI is InChI=1S/C47H30N2S/c1-3-16-31(17-4-1)42-30-43(32-18-5-2-6-19-32)49-46(48-42)37-23-8-7-20-33(37)36-24-15-28-41-45(36)50-44-29-14-13-27-40(44)47(41)38-25-11-9-21-34(38)35-22-10-12-26-39(35)47/h1-30H. The van der Waals surface area contributed by atoms with Crippen LogP contribution >= 0.6 is 11.8 Å². The van der Waals surface area contributed by atoms with E-state index in [1.165, 1.54) is 48.7 Å². The molecule has 234 valence electrons. The Labute approximate surface area is 296 Å². The number of fused-ring (bicyclic) bond motifs is 9. The van der Waals surface area contributed by atoms with Crippen molar-refractivity contribution in [1.82, 2.24) is 9.97 Å². The highest BCUT2D eigenvalue weighted by atomic mass is 32.2. The predicted molar refractivity (Wildman–Crippen MR) is 205 cm³/mol. The third-order valence-corrected chi connectivity index (χ3v) is 11.4. The van der Waals surface area contributed by atoms with E-state index in [1.807, 2.05) is 23.9 Å². The summed E-state index contributed by atoms with van der Waals surface area (Å²) in [7, 11) is 0. The largest absolute Gasteiger partial charge is 0.228 e. The first-order valence-electron chi connectivity index (χ1n) is 17.0. The van der Waals surface area contributed by atoms with Crippen LogP contribution in [0.15, 0.2) is 192 Å². The summed E-state index contributed by atoms with van der Waals surface area (Å²) < 4.78 is 0. The third kappa shape index (κ3) is 4.30. The molecule has 0 fully saturated rings. The lowest BCUT2D eigenvalue weighted by Crippen LogP contribution is -2.32. The van der Waals surface area contributed by atoms with Gasteiger partial charge in [0.05, 0.1) is 16.8 Å². The Morgan fingerprint density at radius 1 is 0.360 bits per heavy atom. The fraction of sp³-hybridized carbons (Fsp3) is 0.0213. The molecule has 8 aromatic rings. The second kappa shape index (κ2) is 11.5. The summed E-state index contributed by atoms with van der Waals surface area (Å²) in [6.45, 7) is 0. The fourth-order valence-electron chi connectivity index (χ4n) is 8.08. The lowest BCUT2D eigenvalue weighted by molar-refractivity contribution is 0.723. The van der Waals surface area contributed by atoms with Crippen LogP contribution in [-0.4, -0.2) is 9.97 Å². The molecule has 1 aliphatic heterocycles. The van der Waals surface area contributed by atoms with Gasteiger partial charge in [-0.1, -0.05) is 182 Å². The average Bonchev–Trinajstić information content (AvgIpc) is 3.49. The first-order valence-corrected chi connectivity index (χ1v) is 17.8. The summed E-state index contributed by atoms with van der Waals surface area (Å²) in [4.78, 5) is 13.0. The van der Waals surface area contributed by atoms with Crippen molar-refractivity contribution in [3.8, 4) is 56.2 Å². The molecule has 1 aromatic heterocycles. The average molecular weight is 655 g/mol. The van der Waals surface area contributed by atoms with Crippen LogP contribution in [0, 0.1) is 0 Å². The highest BCUT2D eigenvalue weighted by molar-refractivity contribution is 7.99. The molecule has 1 aliphatic carbocycles. The molecule has 10 rings (SSSR count). The van der Waals surface area contributed by atoms with Crippen LogP contribution in [-0.2, 0) is 5.41 Å². The van der Waals surface area contributed by atoms with Gasteiger partial charge in [0.25, 0.3) is 0 Å². The van der Waals surface area contributed by atoms with E-state index < -0.39 is 5.41 Å². The Bertz CT molecular complexity index is 2470. The van der Waals surface area contributed by atoms with E-state index in [4.69, 9.17) is 9.97 Å². The van der Waals surface area contributed by atoms with E-state index in [0.29, 0.717) is 5.82 Å². The van der Waals surface area contributed by atoms with E-state index in [9.17, 15) is 0 Å². The molecule has 0 amide bonds. The van der Waals surface area contributed by atoms with Gasteiger partial charge in [0.2, 0.25) is 0 Å². The van der Waals surface area contributed by atoms with Crippen LogP contribution in [0.2, 0.25) is 0 Å². The number of hydrogen-bond donors (Lipinski definition) is 0. The van der Waals surface area contributed by atoms with Gasteiger partial charge in [0.1, 0.15) is 0 Å². The van der Waals surface area contributed by atoms with Crippen LogP contribution in [0.1, 0.15) is 22.3 Å². The molecule has 0 atom stereocenters. The summed E-state index contributed by atoms with van der Waals surface area (Å²) in [5.74, 6) is 0.714. The number of rotatable bonds is 4. The first kappa shape index (κ1) is 28.9. The highest BCUT2D eigenvalue weighted by Gasteiger charge is 2.50. The summed E-state index contributed by atoms with van der Waals surface area (Å²) in [6, 6.07) is 65.3. The first-order chi connectivity index (χ1) is 24.8. The topological polar surface area (TPSA) is 25.8 Å². The highest BCUT2D eigenvalue weighted by Crippen LogP contribution is 2.63. The SMILES string of the molecule is c1ccc(-c2cc(-c3ccccc3)nc(-c3ccccc3-c3cccc4c3Sc3ccccc3C43c4ccccc4-c4ccccc43)n2)cc1. The molecule has 2 aliphatic rings. The van der Waals surface area contributed by atoms with Gasteiger partial charge in [0, 0.05) is 26.5 Å². The number of benzene rings is 7. The molecule has 0 saturated heterocycles. The maximum Gasteiger partial charge on any atom is 0.161 e. The lowest BCUT2D eigenvalue weighted by atomic mass is 9.67. The van der Waals surface area contributed by atoms with Gasteiger partial charge in [-0.2, -0.15) is 0 Å². The van der Waals surface area contributed by atoms with E-state index >= 15 is 0 Å². The van der Waals surface area contributed by atoms with Crippen molar-refractivity contribution >= 4 is 11.8 Å². The van der Waals surface area contributed by atoms with Gasteiger partial charge in [-0.05, 0) is 56.6 Å². The predicted octanol–water partition coefficient (Wildman–Crippen LogP) is 12.0. The Balaban J connectivity index is 1.23. The molecule has 1 spiro atoms. The van der Waals surface area contributed by atoms with Crippen LogP contribution in [0.3, 0.4) is 0 Å². The van der Waals surface area contributed by atoms with E-state index in [2.05, 4.69) is 170 Å². The van der Waals surface area contributed by atoms with Gasteiger partial charge in [-0.25, -0.2) is 9.97 Å². The van der Waals surface area contributed by atoms with Crippen molar-refractivity contribution in [3.63, 3.8) is 0 Å². The zero-order valence-corrected chi connectivity index (χ0v) is 27.9. The number of hydrogen-bond acceptors (Lipinski definition) is 3. The maximum atomic E-state index is 5.25. The van der Waals surface area contributed by atoms with Crippen molar-refractivity contribution in [2.75, 3.05) is 0 Å². The normalized spacial score (nSPS) is 13.3. The second-order valence-corrected chi connectivity index (χ2v) is 13.9. The molecule has 3 heteroatoms.